The van der Waals surface area contributed by atoms with E-state index < -0.39 is 18.4 Å². The van der Waals surface area contributed by atoms with Gasteiger partial charge >= 0.3 is 0 Å². The first-order chi connectivity index (χ1) is 12.2. The molecule has 4 N–H and O–H groups in total. The summed E-state index contributed by atoms with van der Waals surface area (Å²) in [6.07, 6.45) is 5.46. The zero-order chi connectivity index (χ0) is 17.8. The van der Waals surface area contributed by atoms with E-state index in [1.165, 1.54) is 12.7 Å². The number of ether oxygens (including phenoxy) is 1. The molecule has 1 aliphatic rings. The van der Waals surface area contributed by atoms with Gasteiger partial charge in [-0.15, -0.1) is 0 Å². The molecule has 3 rings (SSSR count). The Balaban J connectivity index is 1.74. The maximum atomic E-state index is 12.6. The Morgan fingerprint density at radius 3 is 2.76 bits per heavy atom. The lowest BCUT2D eigenvalue weighted by atomic mass is 10.2. The Morgan fingerprint density at radius 1 is 1.24 bits per heavy atom. The first kappa shape index (κ1) is 18.0. The molecular weight excluding hydrogens is 326 g/mol. The molecule has 1 aliphatic heterocycles. The highest BCUT2D eigenvalue weighted by Gasteiger charge is 2.35. The number of nitrogens with two attached hydrogens (primary N) is 1. The number of imidazole rings is 1. The number of hydrogen-bond acceptors (Lipinski definition) is 7. The molecule has 0 saturated carbocycles. The highest BCUT2D eigenvalue weighted by molar-refractivity contribution is 5.69. The summed E-state index contributed by atoms with van der Waals surface area (Å²) in [6.45, 7) is 1.04. The highest BCUT2D eigenvalue weighted by Crippen LogP contribution is 2.29. The van der Waals surface area contributed by atoms with Crippen LogP contribution in [0.3, 0.4) is 0 Å². The van der Waals surface area contributed by atoms with Crippen molar-refractivity contribution in [3.05, 3.63) is 23.0 Å². The second kappa shape index (κ2) is 8.05. The molecule has 138 valence electrons. The molecule has 9 nitrogen and oxygen atoms in total. The largest absolute Gasteiger partial charge is 0.394 e. The monoisotopic (exact) mass is 351 g/mol. The molecule has 3 atom stereocenters. The molecule has 0 unspecified atom stereocenters. The predicted molar refractivity (Wildman–Crippen MR) is 90.9 cm³/mol. The molecule has 0 radical (unpaired) electrons. The third-order valence-electron chi connectivity index (χ3n) is 4.60. The Morgan fingerprint density at radius 2 is 2.04 bits per heavy atom. The lowest BCUT2D eigenvalue weighted by Gasteiger charge is -2.13. The van der Waals surface area contributed by atoms with Gasteiger partial charge in [-0.3, -0.25) is 13.9 Å². The minimum atomic E-state index is -0.749. The maximum Gasteiger partial charge on any atom is 0.281 e. The first-order valence-corrected chi connectivity index (χ1v) is 8.72. The minimum Gasteiger partial charge on any atom is -0.394 e. The third kappa shape index (κ3) is 3.74. The maximum absolute atomic E-state index is 12.6. The molecule has 0 aromatic carbocycles. The van der Waals surface area contributed by atoms with Crippen molar-refractivity contribution in [2.24, 2.45) is 5.73 Å². The number of unbranched alkanes of at least 4 members (excludes halogenated alkanes) is 3. The molecule has 0 bridgehead atoms. The van der Waals surface area contributed by atoms with E-state index in [1.807, 2.05) is 0 Å². The quantitative estimate of drug-likeness (QED) is 0.560. The summed E-state index contributed by atoms with van der Waals surface area (Å²) in [6, 6.07) is 0. The molecule has 0 amide bonds. The van der Waals surface area contributed by atoms with Gasteiger partial charge in [-0.2, -0.15) is 0 Å². The van der Waals surface area contributed by atoms with Gasteiger partial charge in [0.15, 0.2) is 11.2 Å². The average molecular weight is 351 g/mol. The molecule has 2 aromatic rings. The van der Waals surface area contributed by atoms with Crippen molar-refractivity contribution in [1.82, 2.24) is 19.1 Å². The summed E-state index contributed by atoms with van der Waals surface area (Å²) in [5.41, 5.74) is 6.01. The number of fused-ring (bicyclic) bond motifs is 1. The summed E-state index contributed by atoms with van der Waals surface area (Å²) in [5, 5.41) is 19.1. The number of hydrogen-bond donors (Lipinski definition) is 3. The van der Waals surface area contributed by atoms with Gasteiger partial charge in [-0.05, 0) is 19.4 Å². The molecule has 1 fully saturated rings. The lowest BCUT2D eigenvalue weighted by molar-refractivity contribution is -0.0432. The fraction of sp³-hybridized carbons (Fsp3) is 0.688. The van der Waals surface area contributed by atoms with Gasteiger partial charge in [0, 0.05) is 13.0 Å². The second-order valence-electron chi connectivity index (χ2n) is 6.38. The van der Waals surface area contributed by atoms with Crippen molar-refractivity contribution >= 4 is 11.2 Å². The number of rotatable bonds is 8. The van der Waals surface area contributed by atoms with Crippen LogP contribution in [-0.4, -0.2) is 54.7 Å². The van der Waals surface area contributed by atoms with Crippen LogP contribution in [-0.2, 0) is 11.3 Å². The molecule has 9 heteroatoms. The van der Waals surface area contributed by atoms with E-state index in [9.17, 15) is 15.0 Å². The van der Waals surface area contributed by atoms with E-state index in [2.05, 4.69) is 9.97 Å². The Bertz CT molecular complexity index is 759. The zero-order valence-corrected chi connectivity index (χ0v) is 14.1. The third-order valence-corrected chi connectivity index (χ3v) is 4.60. The average Bonchev–Trinajstić information content (AvgIpc) is 3.20. The normalized spacial score (nSPS) is 23.6. The van der Waals surface area contributed by atoms with Gasteiger partial charge in [-0.1, -0.05) is 12.8 Å². The van der Waals surface area contributed by atoms with Crippen LogP contribution in [0.25, 0.3) is 11.2 Å². The van der Waals surface area contributed by atoms with Crippen LogP contribution < -0.4 is 11.3 Å². The van der Waals surface area contributed by atoms with Crippen LogP contribution in [0.15, 0.2) is 17.4 Å². The summed E-state index contributed by atoms with van der Waals surface area (Å²) < 4.78 is 8.82. The summed E-state index contributed by atoms with van der Waals surface area (Å²) >= 11 is 0. The minimum absolute atomic E-state index is 0.181. The summed E-state index contributed by atoms with van der Waals surface area (Å²) in [4.78, 5) is 21.1. The Kier molecular flexibility index (Phi) is 5.79. The van der Waals surface area contributed by atoms with Crippen molar-refractivity contribution in [1.29, 1.82) is 0 Å². The predicted octanol–water partition coefficient (Wildman–Crippen LogP) is -0.247. The number of aliphatic hydroxyl groups excluding tert-OH is 2. The highest BCUT2D eigenvalue weighted by atomic mass is 16.5. The van der Waals surface area contributed by atoms with Crippen LogP contribution in [0.5, 0.6) is 0 Å². The molecule has 0 aliphatic carbocycles. The summed E-state index contributed by atoms with van der Waals surface area (Å²) in [5.74, 6) is 0. The smallest absolute Gasteiger partial charge is 0.281 e. The number of nitrogens with zero attached hydrogens (tertiary/aromatic N) is 4. The second-order valence-corrected chi connectivity index (χ2v) is 6.38. The van der Waals surface area contributed by atoms with Crippen molar-refractivity contribution in [3.63, 3.8) is 0 Å². The van der Waals surface area contributed by atoms with Crippen LogP contribution in [0.1, 0.15) is 38.3 Å². The van der Waals surface area contributed by atoms with E-state index in [-0.39, 0.29) is 17.7 Å². The molecule has 25 heavy (non-hydrogen) atoms. The Labute approximate surface area is 145 Å². The van der Waals surface area contributed by atoms with Gasteiger partial charge in [0.05, 0.1) is 19.0 Å². The molecule has 2 aromatic heterocycles. The van der Waals surface area contributed by atoms with Crippen LogP contribution in [0.4, 0.5) is 0 Å². The van der Waals surface area contributed by atoms with E-state index in [4.69, 9.17) is 10.5 Å². The Hall–Kier alpha value is -1.81. The number of aryl methyl sites for hydroxylation is 1. The van der Waals surface area contributed by atoms with Gasteiger partial charge in [0.1, 0.15) is 18.7 Å². The van der Waals surface area contributed by atoms with E-state index in [0.717, 1.165) is 25.7 Å². The fourth-order valence-corrected chi connectivity index (χ4v) is 3.15. The van der Waals surface area contributed by atoms with Crippen molar-refractivity contribution in [3.8, 4) is 0 Å². The number of aromatic nitrogens is 4. The molecular formula is C16H25N5O4. The lowest BCUT2D eigenvalue weighted by Crippen LogP contribution is -2.24. The SMILES string of the molecule is NCCCCCCn1cnc2c(ncn2[C@H]2C[C@H](O)[C@@H](CO)O2)c1=O. The van der Waals surface area contributed by atoms with Crippen molar-refractivity contribution in [2.45, 2.75) is 57.1 Å². The summed E-state index contributed by atoms with van der Waals surface area (Å²) in [7, 11) is 0. The van der Waals surface area contributed by atoms with Gasteiger partial charge in [0.25, 0.3) is 5.56 Å². The number of aliphatic hydroxyl groups is 2. The van der Waals surface area contributed by atoms with E-state index in [0.29, 0.717) is 25.2 Å². The van der Waals surface area contributed by atoms with Crippen LogP contribution in [0.2, 0.25) is 0 Å². The van der Waals surface area contributed by atoms with E-state index >= 15 is 0 Å². The standard InChI is InChI=1S/C16H25N5O4/c17-5-3-1-2-4-6-20-9-19-15-14(16(20)24)18-10-21(15)13-7-11(23)12(8-22)25-13/h9-13,22-23H,1-8,17H2/t11-,12+,13+/m0/s1. The van der Waals surface area contributed by atoms with Crippen LogP contribution >= 0.6 is 0 Å². The molecule has 3 heterocycles. The van der Waals surface area contributed by atoms with Gasteiger partial charge < -0.3 is 20.7 Å². The fourth-order valence-electron chi connectivity index (χ4n) is 3.15. The molecule has 0 spiro atoms. The van der Waals surface area contributed by atoms with Crippen molar-refractivity contribution < 1.29 is 14.9 Å². The van der Waals surface area contributed by atoms with Gasteiger partial charge in [0.2, 0.25) is 0 Å². The molecule has 1 saturated heterocycles. The zero-order valence-electron chi connectivity index (χ0n) is 14.1. The van der Waals surface area contributed by atoms with Gasteiger partial charge in [-0.25, -0.2) is 9.97 Å². The van der Waals surface area contributed by atoms with Crippen molar-refractivity contribution in [2.75, 3.05) is 13.2 Å². The van der Waals surface area contributed by atoms with E-state index in [1.54, 1.807) is 9.13 Å². The first-order valence-electron chi connectivity index (χ1n) is 8.72. The topological polar surface area (TPSA) is 128 Å². The van der Waals surface area contributed by atoms with Crippen LogP contribution in [0, 0.1) is 0 Å².